The van der Waals surface area contributed by atoms with Crippen molar-refractivity contribution in [3.8, 4) is 0 Å². The largest absolute Gasteiger partial charge is 0.390 e. The summed E-state index contributed by atoms with van der Waals surface area (Å²) in [5.74, 6) is 0.669. The van der Waals surface area contributed by atoms with E-state index in [9.17, 15) is 5.11 Å². The van der Waals surface area contributed by atoms with Crippen molar-refractivity contribution in [2.45, 2.75) is 20.0 Å². The molecule has 0 aliphatic heterocycles. The topological polar surface area (TPSA) is 62.5 Å². The molecule has 0 atom stereocenters. The summed E-state index contributed by atoms with van der Waals surface area (Å²) in [5, 5.41) is 13.7. The average molecular weight is 325 g/mol. The van der Waals surface area contributed by atoms with Crippen LogP contribution in [0.15, 0.2) is 18.3 Å². The van der Waals surface area contributed by atoms with E-state index in [1.54, 1.807) is 18.3 Å². The van der Waals surface area contributed by atoms with Crippen LogP contribution in [0.1, 0.15) is 19.0 Å². The van der Waals surface area contributed by atoms with Gasteiger partial charge in [-0.3, -0.25) is 4.40 Å². The highest BCUT2D eigenvalue weighted by Gasteiger charge is 2.14. The maximum Gasteiger partial charge on any atom is 0.180 e. The number of hydrogen-bond donors (Lipinski definition) is 2. The Morgan fingerprint density at radius 1 is 1.29 bits per heavy atom. The first-order valence-corrected chi connectivity index (χ1v) is 7.41. The summed E-state index contributed by atoms with van der Waals surface area (Å²) >= 11 is 12.2. The van der Waals surface area contributed by atoms with Gasteiger partial charge < -0.3 is 10.4 Å². The van der Waals surface area contributed by atoms with Crippen molar-refractivity contribution in [1.29, 1.82) is 0 Å². The summed E-state index contributed by atoms with van der Waals surface area (Å²) in [7, 11) is 0. The van der Waals surface area contributed by atoms with E-state index in [1.165, 1.54) is 0 Å². The summed E-state index contributed by atoms with van der Waals surface area (Å²) in [5.41, 5.74) is 2.81. The maximum absolute atomic E-state index is 9.51. The van der Waals surface area contributed by atoms with Crippen LogP contribution in [-0.4, -0.2) is 26.0 Å². The molecule has 0 radical (unpaired) electrons. The van der Waals surface area contributed by atoms with Crippen molar-refractivity contribution in [3.63, 3.8) is 0 Å². The molecule has 0 spiro atoms. The number of benzene rings is 1. The van der Waals surface area contributed by atoms with Crippen molar-refractivity contribution >= 4 is 45.7 Å². The van der Waals surface area contributed by atoms with Gasteiger partial charge >= 0.3 is 0 Å². The van der Waals surface area contributed by atoms with Crippen molar-refractivity contribution in [2.75, 3.05) is 11.9 Å². The smallest absolute Gasteiger partial charge is 0.180 e. The molecule has 1 aromatic carbocycles. The second-order valence-corrected chi connectivity index (χ2v) is 5.52. The fraction of sp³-hybridized carbons (Fsp3) is 0.286. The van der Waals surface area contributed by atoms with E-state index in [-0.39, 0.29) is 6.61 Å². The van der Waals surface area contributed by atoms with Gasteiger partial charge in [-0.05, 0) is 18.6 Å². The molecule has 0 aliphatic rings. The van der Waals surface area contributed by atoms with Crippen molar-refractivity contribution in [2.24, 2.45) is 0 Å². The first kappa shape index (κ1) is 14.4. The molecule has 0 bridgehead atoms. The summed E-state index contributed by atoms with van der Waals surface area (Å²) in [6.07, 6.45) is 2.61. The molecular weight excluding hydrogens is 311 g/mol. The monoisotopic (exact) mass is 324 g/mol. The van der Waals surface area contributed by atoms with Crippen LogP contribution in [0, 0.1) is 0 Å². The molecule has 5 nitrogen and oxygen atoms in total. The summed E-state index contributed by atoms with van der Waals surface area (Å²) in [4.78, 5) is 8.92. The molecule has 0 unspecified atom stereocenters. The number of aliphatic hydroxyl groups excluding tert-OH is 1. The molecule has 2 heterocycles. The van der Waals surface area contributed by atoms with Crippen LogP contribution in [0.25, 0.3) is 16.7 Å². The summed E-state index contributed by atoms with van der Waals surface area (Å²) < 4.78 is 1.85. The summed E-state index contributed by atoms with van der Waals surface area (Å²) in [6.45, 7) is 2.75. The van der Waals surface area contributed by atoms with Gasteiger partial charge in [-0.15, -0.1) is 0 Å². The summed E-state index contributed by atoms with van der Waals surface area (Å²) in [6, 6.07) is 3.46. The van der Waals surface area contributed by atoms with E-state index in [4.69, 9.17) is 23.2 Å². The highest BCUT2D eigenvalue weighted by Crippen LogP contribution is 2.30. The van der Waals surface area contributed by atoms with Crippen LogP contribution in [0.2, 0.25) is 10.0 Å². The van der Waals surface area contributed by atoms with Gasteiger partial charge in [0, 0.05) is 6.54 Å². The standard InChI is InChI=1S/C14H14Cl2N4O/c1-2-3-17-13-14-18-6-8(7-21)20(14)12-5-10(16)9(15)4-11(12)19-13/h4-6,21H,2-3,7H2,1H3,(H,17,19). The number of hydrogen-bond acceptors (Lipinski definition) is 4. The van der Waals surface area contributed by atoms with Crippen molar-refractivity contribution in [1.82, 2.24) is 14.4 Å². The van der Waals surface area contributed by atoms with E-state index in [2.05, 4.69) is 22.2 Å². The Hall–Kier alpha value is -1.56. The number of imidazole rings is 1. The average Bonchev–Trinajstić information content (AvgIpc) is 2.91. The minimum absolute atomic E-state index is 0.117. The number of aliphatic hydroxyl groups is 1. The Kier molecular flexibility index (Phi) is 3.89. The van der Waals surface area contributed by atoms with Crippen molar-refractivity contribution in [3.05, 3.63) is 34.1 Å². The third-order valence-electron chi connectivity index (χ3n) is 3.24. The van der Waals surface area contributed by atoms with Crippen LogP contribution in [0.3, 0.4) is 0 Å². The van der Waals surface area contributed by atoms with Gasteiger partial charge in [-0.2, -0.15) is 0 Å². The fourth-order valence-electron chi connectivity index (χ4n) is 2.26. The molecule has 0 saturated heterocycles. The molecule has 2 N–H and O–H groups in total. The third kappa shape index (κ3) is 2.41. The Morgan fingerprint density at radius 2 is 2.05 bits per heavy atom. The molecule has 7 heteroatoms. The van der Waals surface area contributed by atoms with E-state index in [0.717, 1.165) is 18.5 Å². The zero-order chi connectivity index (χ0) is 15.0. The first-order chi connectivity index (χ1) is 10.2. The van der Waals surface area contributed by atoms with Crippen LogP contribution in [0.4, 0.5) is 5.82 Å². The molecule has 110 valence electrons. The lowest BCUT2D eigenvalue weighted by molar-refractivity contribution is 0.276. The maximum atomic E-state index is 9.51. The van der Waals surface area contributed by atoms with Gasteiger partial charge in [0.2, 0.25) is 0 Å². The normalized spacial score (nSPS) is 11.4. The zero-order valence-electron chi connectivity index (χ0n) is 11.4. The number of halogens is 2. The van der Waals surface area contributed by atoms with Gasteiger partial charge in [-0.1, -0.05) is 30.1 Å². The molecular formula is C14H14Cl2N4O. The Morgan fingerprint density at radius 3 is 2.76 bits per heavy atom. The zero-order valence-corrected chi connectivity index (χ0v) is 12.9. The Bertz CT molecular complexity index is 816. The minimum Gasteiger partial charge on any atom is -0.390 e. The molecule has 2 aromatic heterocycles. The second kappa shape index (κ2) is 5.67. The first-order valence-electron chi connectivity index (χ1n) is 6.65. The number of fused-ring (bicyclic) bond motifs is 3. The van der Waals surface area contributed by atoms with E-state index < -0.39 is 0 Å². The van der Waals surface area contributed by atoms with Crippen molar-refractivity contribution < 1.29 is 5.11 Å². The molecule has 21 heavy (non-hydrogen) atoms. The van der Waals surface area contributed by atoms with Gasteiger partial charge in [-0.25, -0.2) is 9.97 Å². The Labute approximate surface area is 131 Å². The van der Waals surface area contributed by atoms with Crippen LogP contribution < -0.4 is 5.32 Å². The fourth-order valence-corrected chi connectivity index (χ4v) is 2.58. The molecule has 0 saturated carbocycles. The van der Waals surface area contributed by atoms with E-state index in [0.29, 0.717) is 32.7 Å². The molecule has 0 fully saturated rings. The molecule has 0 amide bonds. The lowest BCUT2D eigenvalue weighted by atomic mass is 10.3. The third-order valence-corrected chi connectivity index (χ3v) is 3.96. The number of aromatic nitrogens is 3. The minimum atomic E-state index is -0.117. The SMILES string of the molecule is CCCNc1nc2cc(Cl)c(Cl)cc2n2c(CO)cnc12. The lowest BCUT2D eigenvalue weighted by Gasteiger charge is -2.11. The molecule has 3 aromatic rings. The number of nitrogens with one attached hydrogen (secondary N) is 1. The molecule has 3 rings (SSSR count). The number of anilines is 1. The van der Waals surface area contributed by atoms with Gasteiger partial charge in [0.25, 0.3) is 0 Å². The van der Waals surface area contributed by atoms with Crippen LogP contribution >= 0.6 is 23.2 Å². The van der Waals surface area contributed by atoms with E-state index >= 15 is 0 Å². The van der Waals surface area contributed by atoms with E-state index in [1.807, 2.05) is 4.40 Å². The molecule has 0 aliphatic carbocycles. The highest BCUT2D eigenvalue weighted by atomic mass is 35.5. The highest BCUT2D eigenvalue weighted by molar-refractivity contribution is 6.42. The van der Waals surface area contributed by atoms with Crippen LogP contribution in [0.5, 0.6) is 0 Å². The Balaban J connectivity index is 2.37. The predicted molar refractivity (Wildman–Crippen MR) is 85.2 cm³/mol. The quantitative estimate of drug-likeness (QED) is 0.771. The lowest BCUT2D eigenvalue weighted by Crippen LogP contribution is -2.06. The van der Waals surface area contributed by atoms with Crippen LogP contribution in [-0.2, 0) is 6.61 Å². The number of nitrogens with zero attached hydrogens (tertiary/aromatic N) is 3. The number of rotatable bonds is 4. The van der Waals surface area contributed by atoms with Gasteiger partial charge in [0.1, 0.15) is 0 Å². The van der Waals surface area contributed by atoms with Gasteiger partial charge in [0.05, 0.1) is 39.6 Å². The second-order valence-electron chi connectivity index (χ2n) is 4.71. The van der Waals surface area contributed by atoms with Gasteiger partial charge in [0.15, 0.2) is 11.5 Å². The predicted octanol–water partition coefficient (Wildman–Crippen LogP) is 3.50.